The van der Waals surface area contributed by atoms with Gasteiger partial charge in [-0.15, -0.1) is 0 Å². The number of hydrogen-bond donors (Lipinski definition) is 1. The Kier molecular flexibility index (Phi) is 6.19. The predicted molar refractivity (Wildman–Crippen MR) is 92.7 cm³/mol. The lowest BCUT2D eigenvalue weighted by molar-refractivity contribution is -0.194. The maximum absolute atomic E-state index is 12.7. The van der Waals surface area contributed by atoms with Gasteiger partial charge in [0.2, 0.25) is 0 Å². The van der Waals surface area contributed by atoms with Gasteiger partial charge < -0.3 is 14.6 Å². The molecule has 1 aliphatic rings. The van der Waals surface area contributed by atoms with Crippen molar-refractivity contribution in [3.8, 4) is 0 Å². The van der Waals surface area contributed by atoms with Crippen molar-refractivity contribution in [3.05, 3.63) is 35.9 Å². The number of likely N-dealkylation sites (tertiary alicyclic amines) is 1. The smallest absolute Gasteiger partial charge is 0.313 e. The summed E-state index contributed by atoms with van der Waals surface area (Å²) >= 11 is 0. The Hall–Kier alpha value is -1.92. The molecular weight excluding hydrogens is 322 g/mol. The molecular formula is C19H27NO5. The third kappa shape index (κ3) is 3.55. The summed E-state index contributed by atoms with van der Waals surface area (Å²) in [7, 11) is 1.83. The molecule has 1 fully saturated rings. The topological polar surface area (TPSA) is 76.1 Å². The molecule has 0 radical (unpaired) electrons. The molecule has 0 saturated carbocycles. The Morgan fingerprint density at radius 1 is 1.16 bits per heavy atom. The van der Waals surface area contributed by atoms with Crippen LogP contribution in [0.4, 0.5) is 0 Å². The van der Waals surface area contributed by atoms with Crippen molar-refractivity contribution in [2.45, 2.75) is 32.4 Å². The second-order valence-corrected chi connectivity index (χ2v) is 6.40. The zero-order valence-electron chi connectivity index (χ0n) is 15.3. The van der Waals surface area contributed by atoms with Crippen molar-refractivity contribution in [3.63, 3.8) is 0 Å². The van der Waals surface area contributed by atoms with E-state index in [2.05, 4.69) is 0 Å². The predicted octanol–water partition coefficient (Wildman–Crippen LogP) is 1.57. The lowest BCUT2D eigenvalue weighted by atomic mass is 9.67. The number of benzene rings is 1. The van der Waals surface area contributed by atoms with E-state index in [0.717, 1.165) is 0 Å². The van der Waals surface area contributed by atoms with Crippen LogP contribution in [0.5, 0.6) is 0 Å². The monoisotopic (exact) mass is 349 g/mol. The van der Waals surface area contributed by atoms with Gasteiger partial charge in [-0.3, -0.25) is 14.5 Å². The molecule has 0 bridgehead atoms. The van der Waals surface area contributed by atoms with Gasteiger partial charge in [0.1, 0.15) is 11.5 Å². The molecule has 0 aromatic heterocycles. The Labute approximate surface area is 148 Å². The van der Waals surface area contributed by atoms with Crippen LogP contribution < -0.4 is 0 Å². The minimum atomic E-state index is -1.56. The van der Waals surface area contributed by atoms with Crippen LogP contribution in [0.25, 0.3) is 0 Å². The molecule has 25 heavy (non-hydrogen) atoms. The van der Waals surface area contributed by atoms with Crippen molar-refractivity contribution < 1.29 is 24.2 Å². The number of hydrogen-bond acceptors (Lipinski definition) is 6. The summed E-state index contributed by atoms with van der Waals surface area (Å²) in [6.07, 6.45) is 0. The van der Waals surface area contributed by atoms with E-state index in [1.807, 2.05) is 24.9 Å². The van der Waals surface area contributed by atoms with Crippen LogP contribution in [-0.4, -0.2) is 54.8 Å². The fraction of sp³-hybridized carbons (Fsp3) is 0.579. The summed E-state index contributed by atoms with van der Waals surface area (Å²) < 4.78 is 10.4. The molecule has 1 N–H and O–H groups in total. The van der Waals surface area contributed by atoms with Crippen molar-refractivity contribution in [1.82, 2.24) is 4.90 Å². The van der Waals surface area contributed by atoms with Gasteiger partial charge in [-0.2, -0.15) is 0 Å². The standard InChI is InChI=1S/C19H27NO5/c1-5-24-17(21)15-12-20(4)13(3)19(23,14-10-8-7-9-11-14)16(15)18(22)25-6-2/h7-11,13,15-16,23H,5-6,12H2,1-4H3/t13-,15-,16-,19+/m1/s1. The van der Waals surface area contributed by atoms with Crippen molar-refractivity contribution in [2.24, 2.45) is 11.8 Å². The van der Waals surface area contributed by atoms with Crippen LogP contribution in [0.1, 0.15) is 26.3 Å². The van der Waals surface area contributed by atoms with Crippen LogP contribution in [0.15, 0.2) is 30.3 Å². The number of carbonyl (C=O) groups excluding carboxylic acids is 2. The van der Waals surface area contributed by atoms with Crippen molar-refractivity contribution in [1.29, 1.82) is 0 Å². The van der Waals surface area contributed by atoms with Gasteiger partial charge in [0, 0.05) is 12.6 Å². The summed E-state index contributed by atoms with van der Waals surface area (Å²) in [4.78, 5) is 27.1. The quantitative estimate of drug-likeness (QED) is 0.813. The maximum Gasteiger partial charge on any atom is 0.313 e. The lowest BCUT2D eigenvalue weighted by Gasteiger charge is -2.50. The second kappa shape index (κ2) is 7.97. The third-order valence-electron chi connectivity index (χ3n) is 5.03. The Balaban J connectivity index is 2.57. The number of likely N-dealkylation sites (N-methyl/N-ethyl adjacent to an activating group) is 1. The van der Waals surface area contributed by atoms with Gasteiger partial charge in [-0.1, -0.05) is 30.3 Å². The van der Waals surface area contributed by atoms with Crippen LogP contribution in [0, 0.1) is 11.8 Å². The van der Waals surface area contributed by atoms with E-state index in [-0.39, 0.29) is 19.3 Å². The highest BCUT2D eigenvalue weighted by Crippen LogP contribution is 2.44. The molecule has 4 atom stereocenters. The highest BCUT2D eigenvalue weighted by molar-refractivity contribution is 5.84. The molecule has 2 rings (SSSR count). The van der Waals surface area contributed by atoms with Crippen molar-refractivity contribution in [2.75, 3.05) is 26.8 Å². The first kappa shape index (κ1) is 19.4. The fourth-order valence-corrected chi connectivity index (χ4v) is 3.64. The SMILES string of the molecule is CCOC(=O)[C@@H]1CN(C)[C@H](C)[C@](O)(c2ccccc2)[C@H]1C(=O)OCC. The normalized spacial score (nSPS) is 29.9. The summed E-state index contributed by atoms with van der Waals surface area (Å²) in [6.45, 7) is 5.99. The van der Waals surface area contributed by atoms with Gasteiger partial charge in [0.05, 0.1) is 19.1 Å². The van der Waals surface area contributed by atoms with Crippen LogP contribution in [0.3, 0.4) is 0 Å². The first-order valence-corrected chi connectivity index (χ1v) is 8.69. The van der Waals surface area contributed by atoms with Crippen molar-refractivity contribution >= 4 is 11.9 Å². The molecule has 1 aliphatic heterocycles. The summed E-state index contributed by atoms with van der Waals surface area (Å²) in [5, 5.41) is 11.7. The van der Waals surface area contributed by atoms with E-state index in [1.54, 1.807) is 38.1 Å². The fourth-order valence-electron chi connectivity index (χ4n) is 3.64. The third-order valence-corrected chi connectivity index (χ3v) is 5.03. The van der Waals surface area contributed by atoms with E-state index in [9.17, 15) is 14.7 Å². The molecule has 138 valence electrons. The van der Waals surface area contributed by atoms with Gasteiger partial charge in [-0.25, -0.2) is 0 Å². The van der Waals surface area contributed by atoms with Crippen LogP contribution >= 0.6 is 0 Å². The summed E-state index contributed by atoms with van der Waals surface area (Å²) in [5.74, 6) is -2.90. The highest BCUT2D eigenvalue weighted by Gasteiger charge is 2.58. The van der Waals surface area contributed by atoms with E-state index in [0.29, 0.717) is 12.1 Å². The molecule has 1 aromatic rings. The number of carbonyl (C=O) groups is 2. The number of aliphatic hydroxyl groups is 1. The van der Waals surface area contributed by atoms with E-state index in [1.165, 1.54) is 0 Å². The number of rotatable bonds is 5. The zero-order chi connectivity index (χ0) is 18.6. The Bertz CT molecular complexity index is 605. The van der Waals surface area contributed by atoms with Gasteiger partial charge in [0.25, 0.3) is 0 Å². The largest absolute Gasteiger partial charge is 0.466 e. The first-order chi connectivity index (χ1) is 11.9. The minimum Gasteiger partial charge on any atom is -0.466 e. The molecule has 0 spiro atoms. The number of esters is 2. The second-order valence-electron chi connectivity index (χ2n) is 6.40. The molecule has 0 amide bonds. The van der Waals surface area contributed by atoms with Crippen LogP contribution in [0.2, 0.25) is 0 Å². The number of ether oxygens (including phenoxy) is 2. The average molecular weight is 349 g/mol. The van der Waals surface area contributed by atoms with Gasteiger partial charge in [-0.05, 0) is 33.4 Å². The molecule has 1 heterocycles. The van der Waals surface area contributed by atoms with E-state index < -0.39 is 29.4 Å². The lowest BCUT2D eigenvalue weighted by Crippen LogP contribution is -2.64. The molecule has 0 aliphatic carbocycles. The van der Waals surface area contributed by atoms with E-state index in [4.69, 9.17) is 9.47 Å². The van der Waals surface area contributed by atoms with Crippen LogP contribution in [-0.2, 0) is 24.7 Å². The number of nitrogens with zero attached hydrogens (tertiary/aromatic N) is 1. The molecule has 0 unspecified atom stereocenters. The minimum absolute atomic E-state index is 0.181. The first-order valence-electron chi connectivity index (χ1n) is 8.69. The average Bonchev–Trinajstić information content (AvgIpc) is 2.60. The number of piperidine rings is 1. The maximum atomic E-state index is 12.7. The molecule has 1 aromatic carbocycles. The summed E-state index contributed by atoms with van der Waals surface area (Å²) in [5.41, 5.74) is -0.973. The molecule has 1 saturated heterocycles. The van der Waals surface area contributed by atoms with Gasteiger partial charge in [0.15, 0.2) is 0 Å². The Morgan fingerprint density at radius 3 is 2.28 bits per heavy atom. The van der Waals surface area contributed by atoms with Gasteiger partial charge >= 0.3 is 11.9 Å². The van der Waals surface area contributed by atoms with E-state index >= 15 is 0 Å². The summed E-state index contributed by atoms with van der Waals surface area (Å²) in [6, 6.07) is 8.60. The Morgan fingerprint density at radius 2 is 1.72 bits per heavy atom. The zero-order valence-corrected chi connectivity index (χ0v) is 15.3. The molecule has 6 heteroatoms. The highest BCUT2D eigenvalue weighted by atomic mass is 16.5. The molecule has 6 nitrogen and oxygen atoms in total.